The summed E-state index contributed by atoms with van der Waals surface area (Å²) < 4.78 is 76.0. The molecule has 0 aliphatic rings. The van der Waals surface area contributed by atoms with Crippen molar-refractivity contribution in [1.82, 2.24) is 15.5 Å². The zero-order chi connectivity index (χ0) is 27.1. The third-order valence-corrected chi connectivity index (χ3v) is 4.86. The molecule has 0 fully saturated rings. The van der Waals surface area contributed by atoms with Gasteiger partial charge < -0.3 is 11.1 Å². The summed E-state index contributed by atoms with van der Waals surface area (Å²) in [7, 11) is 1.28. The number of H-pyrrole nitrogens is 1. The van der Waals surface area contributed by atoms with Gasteiger partial charge in [-0.1, -0.05) is 25.1 Å². The van der Waals surface area contributed by atoms with Crippen LogP contribution in [0, 0.1) is 0 Å². The van der Waals surface area contributed by atoms with Gasteiger partial charge in [-0.15, -0.1) is 0 Å². The molecule has 1 aromatic heterocycles. The Bertz CT molecular complexity index is 1230. The lowest BCUT2D eigenvalue weighted by Crippen LogP contribution is -2.25. The number of nitrogens with zero attached hydrogens (tertiary/aromatic N) is 2. The largest absolute Gasteiger partial charge is 0.416 e. The molecular formula is C24H25F6N5O. The summed E-state index contributed by atoms with van der Waals surface area (Å²) in [6.07, 6.45) is -5.37. The average Bonchev–Trinajstić information content (AvgIpc) is 3.27. The van der Waals surface area contributed by atoms with E-state index in [-0.39, 0.29) is 17.5 Å². The van der Waals surface area contributed by atoms with Crippen LogP contribution >= 0.6 is 0 Å². The summed E-state index contributed by atoms with van der Waals surface area (Å²) in [6, 6.07) is 7.04. The highest BCUT2D eigenvalue weighted by atomic mass is 19.4. The zero-order valence-corrected chi connectivity index (χ0v) is 19.7. The Morgan fingerprint density at radius 1 is 1.03 bits per heavy atom. The fourth-order valence-electron chi connectivity index (χ4n) is 3.24. The van der Waals surface area contributed by atoms with Crippen LogP contribution in [0.25, 0.3) is 16.5 Å². The minimum Gasteiger partial charge on any atom is -0.370 e. The fourth-order valence-corrected chi connectivity index (χ4v) is 3.24. The lowest BCUT2D eigenvalue weighted by Gasteiger charge is -2.15. The molecule has 2 aromatic carbocycles. The fraction of sp³-hybridized carbons (Fsp3) is 0.292. The minimum atomic E-state index is -4.86. The van der Waals surface area contributed by atoms with E-state index in [1.165, 1.54) is 7.05 Å². The molecule has 3 aromatic rings. The molecule has 0 aliphatic heterocycles. The number of aliphatic imine (C=N–C) groups is 1. The number of allylic oxidation sites excluding steroid dienone is 1. The van der Waals surface area contributed by atoms with Gasteiger partial charge in [0.2, 0.25) is 5.91 Å². The second-order valence-electron chi connectivity index (χ2n) is 7.46. The van der Waals surface area contributed by atoms with Crippen molar-refractivity contribution in [2.75, 3.05) is 13.6 Å². The predicted molar refractivity (Wildman–Crippen MR) is 126 cm³/mol. The van der Waals surface area contributed by atoms with Crippen LogP contribution in [0.2, 0.25) is 0 Å². The molecule has 0 radical (unpaired) electrons. The maximum Gasteiger partial charge on any atom is 0.416 e. The van der Waals surface area contributed by atoms with E-state index < -0.39 is 29.4 Å². The van der Waals surface area contributed by atoms with Crippen LogP contribution in [-0.2, 0) is 17.1 Å². The van der Waals surface area contributed by atoms with Gasteiger partial charge in [-0.3, -0.25) is 14.9 Å². The molecule has 0 aliphatic carbocycles. The lowest BCUT2D eigenvalue weighted by molar-refractivity contribution is -0.143. The number of carbonyl (C=O) groups is 1. The molecule has 0 spiro atoms. The number of aromatic nitrogens is 2. The number of alkyl halides is 6. The summed E-state index contributed by atoms with van der Waals surface area (Å²) in [4.78, 5) is 15.0. The van der Waals surface area contributed by atoms with E-state index in [2.05, 4.69) is 20.5 Å². The first-order chi connectivity index (χ1) is 16.8. The third-order valence-electron chi connectivity index (χ3n) is 4.86. The predicted octanol–water partition coefficient (Wildman–Crippen LogP) is 5.55. The second-order valence-corrected chi connectivity index (χ2v) is 7.46. The average molecular weight is 513 g/mol. The molecule has 1 amide bonds. The highest BCUT2D eigenvalue weighted by Crippen LogP contribution is 2.36. The number of hydrogen-bond donors (Lipinski definition) is 3. The number of nitrogens with one attached hydrogen (secondary N) is 2. The molecular weight excluding hydrogens is 488 g/mol. The van der Waals surface area contributed by atoms with Crippen LogP contribution in [0.1, 0.15) is 42.5 Å². The Hall–Kier alpha value is -3.83. The first kappa shape index (κ1) is 28.4. The summed E-state index contributed by atoms with van der Waals surface area (Å²) in [5, 5.41) is 10.4. The van der Waals surface area contributed by atoms with Crippen molar-refractivity contribution in [3.63, 3.8) is 0 Å². The standard InChI is InChI=1S/C12H12F6N2.C12H13N3O/c1-3-20-10(19-2)7-4-8(11(13,14)15)6-9(5-7)12(16,17)18;1-2-3-10(12(13)16)8-4-5-9-7-14-15-11(9)6-8/h4-6H,3H2,1-2H3,(H,19,20);3-7H,2H2,1H3,(H2,13,16)(H,14,15)/b;10-3+. The monoisotopic (exact) mass is 513 g/mol. The van der Waals surface area contributed by atoms with Crippen molar-refractivity contribution in [2.24, 2.45) is 10.7 Å². The molecule has 0 atom stereocenters. The van der Waals surface area contributed by atoms with Crippen molar-refractivity contribution in [2.45, 2.75) is 32.6 Å². The Balaban J connectivity index is 0.000000259. The lowest BCUT2D eigenvalue weighted by atomic mass is 10.0. The van der Waals surface area contributed by atoms with Crippen molar-refractivity contribution in [1.29, 1.82) is 0 Å². The number of aromatic amines is 1. The second kappa shape index (κ2) is 11.7. The third kappa shape index (κ3) is 7.33. The van der Waals surface area contributed by atoms with Gasteiger partial charge in [0.1, 0.15) is 5.84 Å². The SMILES string of the molecule is CC/C=C(/C(N)=O)c1ccc2cn[nH]c2c1.CCNC(=NC)c1cc(C(F)(F)F)cc(C(F)(F)F)c1. The van der Waals surface area contributed by atoms with E-state index in [1.54, 1.807) is 13.1 Å². The Morgan fingerprint density at radius 2 is 1.64 bits per heavy atom. The van der Waals surface area contributed by atoms with Crippen molar-refractivity contribution in [3.8, 4) is 0 Å². The van der Waals surface area contributed by atoms with Crippen LogP contribution in [0.3, 0.4) is 0 Å². The van der Waals surface area contributed by atoms with Gasteiger partial charge in [0.25, 0.3) is 0 Å². The molecule has 3 rings (SSSR count). The number of halogens is 6. The summed E-state index contributed by atoms with van der Waals surface area (Å²) in [6.45, 7) is 3.95. The molecule has 0 saturated carbocycles. The maximum absolute atomic E-state index is 12.7. The van der Waals surface area contributed by atoms with Crippen LogP contribution in [0.5, 0.6) is 0 Å². The number of amidine groups is 1. The topological polar surface area (TPSA) is 96.2 Å². The van der Waals surface area contributed by atoms with Crippen LogP contribution in [0.15, 0.2) is 53.7 Å². The zero-order valence-electron chi connectivity index (χ0n) is 19.7. The van der Waals surface area contributed by atoms with Crippen LogP contribution in [-0.4, -0.2) is 35.5 Å². The quantitative estimate of drug-likeness (QED) is 0.181. The maximum atomic E-state index is 12.7. The first-order valence-electron chi connectivity index (χ1n) is 10.8. The minimum absolute atomic E-state index is 0.0240. The Labute approximate surface area is 203 Å². The normalized spacial score (nSPS) is 12.8. The molecule has 4 N–H and O–H groups in total. The van der Waals surface area contributed by atoms with Gasteiger partial charge in [-0.25, -0.2) is 0 Å². The first-order valence-corrected chi connectivity index (χ1v) is 10.8. The molecule has 1 heterocycles. The number of fused-ring (bicyclic) bond motifs is 1. The molecule has 36 heavy (non-hydrogen) atoms. The highest BCUT2D eigenvalue weighted by Gasteiger charge is 2.37. The number of benzene rings is 2. The van der Waals surface area contributed by atoms with Crippen molar-refractivity contribution in [3.05, 3.63) is 70.9 Å². The van der Waals surface area contributed by atoms with Gasteiger partial charge in [0, 0.05) is 30.1 Å². The van der Waals surface area contributed by atoms with E-state index in [9.17, 15) is 31.1 Å². The summed E-state index contributed by atoms with van der Waals surface area (Å²) in [5.74, 6) is -0.426. The number of amides is 1. The van der Waals surface area contributed by atoms with E-state index in [0.29, 0.717) is 24.3 Å². The number of rotatable bonds is 5. The smallest absolute Gasteiger partial charge is 0.370 e. The van der Waals surface area contributed by atoms with Crippen LogP contribution in [0.4, 0.5) is 26.3 Å². The van der Waals surface area contributed by atoms with Gasteiger partial charge in [-0.2, -0.15) is 31.4 Å². The van der Waals surface area contributed by atoms with E-state index in [0.717, 1.165) is 22.9 Å². The molecule has 0 unspecified atom stereocenters. The van der Waals surface area contributed by atoms with Crippen molar-refractivity contribution >= 4 is 28.2 Å². The summed E-state index contributed by atoms with van der Waals surface area (Å²) >= 11 is 0. The molecule has 194 valence electrons. The van der Waals surface area contributed by atoms with E-state index in [4.69, 9.17) is 5.73 Å². The van der Waals surface area contributed by atoms with Gasteiger partial charge >= 0.3 is 12.4 Å². The van der Waals surface area contributed by atoms with E-state index in [1.807, 2.05) is 31.2 Å². The Morgan fingerprint density at radius 3 is 2.11 bits per heavy atom. The van der Waals surface area contributed by atoms with Crippen molar-refractivity contribution < 1.29 is 31.1 Å². The number of primary amides is 1. The molecule has 12 heteroatoms. The van der Waals surface area contributed by atoms with Gasteiger partial charge in [-0.05, 0) is 43.2 Å². The van der Waals surface area contributed by atoms with Gasteiger partial charge in [0.15, 0.2) is 0 Å². The van der Waals surface area contributed by atoms with E-state index >= 15 is 0 Å². The van der Waals surface area contributed by atoms with Gasteiger partial charge in [0.05, 0.1) is 22.8 Å². The number of carbonyl (C=O) groups excluding carboxylic acids is 1. The molecule has 0 saturated heterocycles. The highest BCUT2D eigenvalue weighted by molar-refractivity contribution is 6.19. The molecule has 6 nitrogen and oxygen atoms in total. The number of nitrogens with two attached hydrogens (primary N) is 1. The molecule has 0 bridgehead atoms. The summed E-state index contributed by atoms with van der Waals surface area (Å²) in [5.41, 5.74) is 4.65. The number of hydrogen-bond acceptors (Lipinski definition) is 3. The van der Waals surface area contributed by atoms with Crippen LogP contribution < -0.4 is 11.1 Å². The Kier molecular flexibility index (Phi) is 9.26.